The lowest BCUT2D eigenvalue weighted by molar-refractivity contribution is -0.116. The number of carbonyl (C=O) groups excluding carboxylic acids is 2. The van der Waals surface area contributed by atoms with E-state index in [9.17, 15) is 9.59 Å². The molecule has 4 nitrogen and oxygen atoms in total. The number of aryl methyl sites for hydroxylation is 2. The molecule has 1 N–H and O–H groups in total. The van der Waals surface area contributed by atoms with Gasteiger partial charge in [0.1, 0.15) is 0 Å². The van der Waals surface area contributed by atoms with Gasteiger partial charge in [0.05, 0.1) is 12.2 Å². The summed E-state index contributed by atoms with van der Waals surface area (Å²) in [5.41, 5.74) is 4.29. The van der Waals surface area contributed by atoms with Gasteiger partial charge in [-0.25, -0.2) is 4.79 Å². The quantitative estimate of drug-likeness (QED) is 0.765. The van der Waals surface area contributed by atoms with Gasteiger partial charge in [-0.2, -0.15) is 0 Å². The molecule has 0 fully saturated rings. The number of carbonyl (C=O) groups is 2. The fraction of sp³-hybridized carbons (Fsp3) is 0.333. The van der Waals surface area contributed by atoms with Crippen molar-refractivity contribution in [1.82, 2.24) is 0 Å². The highest BCUT2D eigenvalue weighted by Gasteiger charge is 2.14. The third-order valence-electron chi connectivity index (χ3n) is 4.18. The number of hydrogen-bond acceptors (Lipinski definition) is 3. The van der Waals surface area contributed by atoms with Crippen LogP contribution in [0.2, 0.25) is 0 Å². The second-order valence-electron chi connectivity index (χ2n) is 5.92. The molecule has 0 aromatic heterocycles. The van der Waals surface area contributed by atoms with E-state index in [4.69, 9.17) is 4.74 Å². The summed E-state index contributed by atoms with van der Waals surface area (Å²) < 4.78 is 5.04. The summed E-state index contributed by atoms with van der Waals surface area (Å²) in [6.45, 7) is 6.03. The van der Waals surface area contributed by atoms with Crippen molar-refractivity contribution in [2.45, 2.75) is 40.0 Å². The molecule has 2 aromatic carbocycles. The Morgan fingerprint density at radius 2 is 1.68 bits per heavy atom. The van der Waals surface area contributed by atoms with Gasteiger partial charge in [0.2, 0.25) is 5.91 Å². The lowest BCUT2D eigenvalue weighted by Crippen LogP contribution is -2.15. The van der Waals surface area contributed by atoms with Crippen LogP contribution in [-0.2, 0) is 22.4 Å². The van der Waals surface area contributed by atoms with E-state index in [2.05, 4.69) is 36.5 Å². The summed E-state index contributed by atoms with van der Waals surface area (Å²) in [5.74, 6) is -0.434. The number of ether oxygens (including phenoxy) is 1. The SMILES string of the molecule is CCOC(=O)c1cccc(NC(=O)CCc2ccc(CC)cc2)c1C. The average molecular weight is 339 g/mol. The fourth-order valence-electron chi connectivity index (χ4n) is 2.61. The zero-order valence-corrected chi connectivity index (χ0v) is 15.1. The summed E-state index contributed by atoms with van der Waals surface area (Å²) in [4.78, 5) is 24.2. The maximum absolute atomic E-state index is 12.2. The van der Waals surface area contributed by atoms with E-state index >= 15 is 0 Å². The van der Waals surface area contributed by atoms with Gasteiger partial charge in [0, 0.05) is 12.1 Å². The highest BCUT2D eigenvalue weighted by Crippen LogP contribution is 2.20. The number of rotatable bonds is 7. The fourth-order valence-corrected chi connectivity index (χ4v) is 2.61. The van der Waals surface area contributed by atoms with Crippen LogP contribution in [0.15, 0.2) is 42.5 Å². The zero-order chi connectivity index (χ0) is 18.2. The summed E-state index contributed by atoms with van der Waals surface area (Å²) in [6, 6.07) is 13.6. The van der Waals surface area contributed by atoms with Crippen molar-refractivity contribution in [3.63, 3.8) is 0 Å². The van der Waals surface area contributed by atoms with Crippen molar-refractivity contribution in [1.29, 1.82) is 0 Å². The summed E-state index contributed by atoms with van der Waals surface area (Å²) >= 11 is 0. The smallest absolute Gasteiger partial charge is 0.338 e. The molecule has 0 aliphatic heterocycles. The van der Waals surface area contributed by atoms with Crippen LogP contribution in [0.3, 0.4) is 0 Å². The van der Waals surface area contributed by atoms with Crippen molar-refractivity contribution in [2.75, 3.05) is 11.9 Å². The van der Waals surface area contributed by atoms with E-state index in [1.807, 2.05) is 6.92 Å². The van der Waals surface area contributed by atoms with Gasteiger partial charge in [-0.15, -0.1) is 0 Å². The monoisotopic (exact) mass is 339 g/mol. The topological polar surface area (TPSA) is 55.4 Å². The van der Waals surface area contributed by atoms with Gasteiger partial charge in [-0.3, -0.25) is 4.79 Å². The second-order valence-corrected chi connectivity index (χ2v) is 5.92. The van der Waals surface area contributed by atoms with Gasteiger partial charge in [-0.1, -0.05) is 37.3 Å². The van der Waals surface area contributed by atoms with Crippen molar-refractivity contribution >= 4 is 17.6 Å². The molecule has 0 saturated heterocycles. The first kappa shape index (κ1) is 18.7. The number of benzene rings is 2. The largest absolute Gasteiger partial charge is 0.462 e. The molecule has 0 heterocycles. The summed E-state index contributed by atoms with van der Waals surface area (Å²) in [5, 5.41) is 2.89. The van der Waals surface area contributed by atoms with Crippen molar-refractivity contribution < 1.29 is 14.3 Å². The Kier molecular flexibility index (Phi) is 6.75. The van der Waals surface area contributed by atoms with E-state index in [1.54, 1.807) is 25.1 Å². The number of hydrogen-bond donors (Lipinski definition) is 1. The minimum atomic E-state index is -0.368. The Morgan fingerprint density at radius 1 is 1.00 bits per heavy atom. The molecule has 132 valence electrons. The predicted octanol–water partition coefficient (Wildman–Crippen LogP) is 4.31. The van der Waals surface area contributed by atoms with Gasteiger partial charge >= 0.3 is 5.97 Å². The molecule has 2 rings (SSSR count). The average Bonchev–Trinajstić information content (AvgIpc) is 2.62. The molecule has 2 aromatic rings. The van der Waals surface area contributed by atoms with Crippen molar-refractivity contribution in [3.8, 4) is 0 Å². The molecule has 0 atom stereocenters. The normalized spacial score (nSPS) is 10.4. The molecular formula is C21H25NO3. The molecule has 0 saturated carbocycles. The van der Waals surface area contributed by atoms with E-state index in [0.29, 0.717) is 30.7 Å². The highest BCUT2D eigenvalue weighted by atomic mass is 16.5. The first-order valence-electron chi connectivity index (χ1n) is 8.69. The van der Waals surface area contributed by atoms with Crippen LogP contribution in [0, 0.1) is 6.92 Å². The second kappa shape index (κ2) is 9.02. The van der Waals surface area contributed by atoms with Crippen LogP contribution >= 0.6 is 0 Å². The molecule has 0 aliphatic rings. The molecule has 25 heavy (non-hydrogen) atoms. The number of esters is 1. The number of nitrogens with one attached hydrogen (secondary N) is 1. The van der Waals surface area contributed by atoms with Crippen LogP contribution in [0.1, 0.15) is 47.3 Å². The van der Waals surface area contributed by atoms with Crippen LogP contribution in [0.25, 0.3) is 0 Å². The lowest BCUT2D eigenvalue weighted by atomic mass is 10.0. The van der Waals surface area contributed by atoms with Crippen LogP contribution in [0.5, 0.6) is 0 Å². The maximum Gasteiger partial charge on any atom is 0.338 e. The van der Waals surface area contributed by atoms with Crippen LogP contribution < -0.4 is 5.32 Å². The number of anilines is 1. The van der Waals surface area contributed by atoms with E-state index in [-0.39, 0.29) is 11.9 Å². The summed E-state index contributed by atoms with van der Waals surface area (Å²) in [7, 11) is 0. The van der Waals surface area contributed by atoms with E-state index in [1.165, 1.54) is 5.56 Å². The molecule has 0 aliphatic carbocycles. The molecule has 0 bridgehead atoms. The molecule has 4 heteroatoms. The molecule has 0 unspecified atom stereocenters. The molecular weight excluding hydrogens is 314 g/mol. The molecule has 0 spiro atoms. The van der Waals surface area contributed by atoms with Gasteiger partial charge in [-0.05, 0) is 55.5 Å². The molecule has 0 radical (unpaired) electrons. The van der Waals surface area contributed by atoms with Gasteiger partial charge in [0.25, 0.3) is 0 Å². The van der Waals surface area contributed by atoms with Crippen molar-refractivity contribution in [2.24, 2.45) is 0 Å². The highest BCUT2D eigenvalue weighted by molar-refractivity contribution is 5.96. The summed E-state index contributed by atoms with van der Waals surface area (Å²) in [6.07, 6.45) is 2.10. The third kappa shape index (κ3) is 5.18. The predicted molar refractivity (Wildman–Crippen MR) is 99.9 cm³/mol. The van der Waals surface area contributed by atoms with E-state index in [0.717, 1.165) is 17.5 Å². The zero-order valence-electron chi connectivity index (χ0n) is 15.1. The minimum Gasteiger partial charge on any atom is -0.462 e. The maximum atomic E-state index is 12.2. The third-order valence-corrected chi connectivity index (χ3v) is 4.18. The Morgan fingerprint density at radius 3 is 2.32 bits per heavy atom. The minimum absolute atomic E-state index is 0.0660. The molecule has 1 amide bonds. The first-order valence-corrected chi connectivity index (χ1v) is 8.69. The first-order chi connectivity index (χ1) is 12.0. The van der Waals surface area contributed by atoms with Crippen LogP contribution in [-0.4, -0.2) is 18.5 Å². The Bertz CT molecular complexity index is 735. The standard InChI is InChI=1S/C21H25NO3/c1-4-16-9-11-17(12-10-16)13-14-20(23)22-19-8-6-7-18(15(19)3)21(24)25-5-2/h6-12H,4-5,13-14H2,1-3H3,(H,22,23). The Balaban J connectivity index is 1.97. The Labute approximate surface area is 149 Å². The van der Waals surface area contributed by atoms with Crippen LogP contribution in [0.4, 0.5) is 5.69 Å². The van der Waals surface area contributed by atoms with Crippen molar-refractivity contribution in [3.05, 3.63) is 64.7 Å². The Hall–Kier alpha value is -2.62. The number of amides is 1. The van der Waals surface area contributed by atoms with Gasteiger partial charge < -0.3 is 10.1 Å². The lowest BCUT2D eigenvalue weighted by Gasteiger charge is -2.12. The van der Waals surface area contributed by atoms with Gasteiger partial charge in [0.15, 0.2) is 0 Å². The van der Waals surface area contributed by atoms with E-state index < -0.39 is 0 Å².